The molecule has 4 N–H and O–H groups in total. The molecule has 0 aliphatic carbocycles. The smallest absolute Gasteiger partial charge is 0.220 e. The molecule has 0 aromatic heterocycles. The summed E-state index contributed by atoms with van der Waals surface area (Å²) in [6.45, 7) is 3.28. The average molecular weight is 260 g/mol. The molecule has 0 aliphatic heterocycles. The van der Waals surface area contributed by atoms with Crippen LogP contribution in [0.15, 0.2) is 0 Å². The van der Waals surface area contributed by atoms with Gasteiger partial charge >= 0.3 is 0 Å². The summed E-state index contributed by atoms with van der Waals surface area (Å²) in [4.78, 5) is 11.7. The summed E-state index contributed by atoms with van der Waals surface area (Å²) < 4.78 is 4.93. The maximum Gasteiger partial charge on any atom is 0.220 e. The third-order valence-corrected chi connectivity index (χ3v) is 3.19. The molecule has 0 heterocycles. The number of aliphatic hydroxyl groups is 1. The van der Waals surface area contributed by atoms with E-state index in [0.29, 0.717) is 31.9 Å². The van der Waals surface area contributed by atoms with Crippen LogP contribution in [0.4, 0.5) is 0 Å². The van der Waals surface area contributed by atoms with Gasteiger partial charge in [-0.1, -0.05) is 13.3 Å². The number of hydrogen-bond donors (Lipinski definition) is 3. The van der Waals surface area contributed by atoms with Crippen LogP contribution in [0.2, 0.25) is 0 Å². The van der Waals surface area contributed by atoms with Crippen molar-refractivity contribution in [2.24, 2.45) is 11.7 Å². The van der Waals surface area contributed by atoms with E-state index in [1.54, 1.807) is 7.11 Å². The van der Waals surface area contributed by atoms with Gasteiger partial charge in [0.1, 0.15) is 0 Å². The van der Waals surface area contributed by atoms with Crippen LogP contribution in [0, 0.1) is 5.92 Å². The number of carbonyl (C=O) groups is 1. The molecule has 0 rings (SSSR count). The highest BCUT2D eigenvalue weighted by Crippen LogP contribution is 2.14. The van der Waals surface area contributed by atoms with E-state index in [4.69, 9.17) is 15.6 Å². The summed E-state index contributed by atoms with van der Waals surface area (Å²) in [5.41, 5.74) is 5.52. The number of amides is 1. The first kappa shape index (κ1) is 17.4. The van der Waals surface area contributed by atoms with Crippen molar-refractivity contribution in [3.8, 4) is 0 Å². The molecule has 0 saturated carbocycles. The third kappa shape index (κ3) is 8.44. The van der Waals surface area contributed by atoms with E-state index < -0.39 is 0 Å². The van der Waals surface area contributed by atoms with Gasteiger partial charge in [-0.25, -0.2) is 0 Å². The molecule has 2 unspecified atom stereocenters. The quantitative estimate of drug-likeness (QED) is 0.509. The van der Waals surface area contributed by atoms with Crippen molar-refractivity contribution in [2.75, 3.05) is 26.9 Å². The minimum atomic E-state index is -0.202. The fourth-order valence-electron chi connectivity index (χ4n) is 1.89. The molecule has 5 heteroatoms. The predicted molar refractivity (Wildman–Crippen MR) is 72.2 cm³/mol. The van der Waals surface area contributed by atoms with Gasteiger partial charge in [0.15, 0.2) is 0 Å². The Bertz CT molecular complexity index is 212. The van der Waals surface area contributed by atoms with E-state index in [9.17, 15) is 4.79 Å². The van der Waals surface area contributed by atoms with Crippen molar-refractivity contribution in [1.82, 2.24) is 5.32 Å². The maximum absolute atomic E-state index is 11.7. The van der Waals surface area contributed by atoms with Crippen LogP contribution in [0.5, 0.6) is 0 Å². The Balaban J connectivity index is 3.85. The third-order valence-electron chi connectivity index (χ3n) is 3.19. The Morgan fingerprint density at radius 3 is 2.61 bits per heavy atom. The van der Waals surface area contributed by atoms with Crippen LogP contribution in [-0.4, -0.2) is 43.9 Å². The summed E-state index contributed by atoms with van der Waals surface area (Å²) in [6, 6.07) is -0.202. The molecular weight excluding hydrogens is 232 g/mol. The standard InChI is InChI=1S/C13H28N2O3/c1-3-11(6-8-14)4-5-13(17)15-12(10-16)7-9-18-2/h11-12,16H,3-10,14H2,1-2H3,(H,15,17). The number of carbonyl (C=O) groups excluding carboxylic acids is 1. The molecule has 0 radical (unpaired) electrons. The Morgan fingerprint density at radius 1 is 1.39 bits per heavy atom. The summed E-state index contributed by atoms with van der Waals surface area (Å²) in [6.07, 6.45) is 4.02. The van der Waals surface area contributed by atoms with Crippen molar-refractivity contribution < 1.29 is 14.6 Å². The van der Waals surface area contributed by atoms with Crippen molar-refractivity contribution in [1.29, 1.82) is 0 Å². The first-order chi connectivity index (χ1) is 8.67. The zero-order chi connectivity index (χ0) is 13.8. The van der Waals surface area contributed by atoms with Gasteiger partial charge < -0.3 is 20.9 Å². The molecule has 18 heavy (non-hydrogen) atoms. The summed E-state index contributed by atoms with van der Waals surface area (Å²) in [5.74, 6) is 0.521. The van der Waals surface area contributed by atoms with Gasteiger partial charge in [0.2, 0.25) is 5.91 Å². The van der Waals surface area contributed by atoms with Crippen LogP contribution >= 0.6 is 0 Å². The van der Waals surface area contributed by atoms with E-state index in [2.05, 4.69) is 12.2 Å². The van der Waals surface area contributed by atoms with E-state index in [1.165, 1.54) is 0 Å². The lowest BCUT2D eigenvalue weighted by atomic mass is 9.96. The minimum Gasteiger partial charge on any atom is -0.394 e. The number of ether oxygens (including phenoxy) is 1. The second kappa shape index (κ2) is 11.4. The molecule has 108 valence electrons. The molecule has 0 spiro atoms. The largest absolute Gasteiger partial charge is 0.394 e. The number of rotatable bonds is 11. The summed E-state index contributed by atoms with van der Waals surface area (Å²) in [7, 11) is 1.61. The lowest BCUT2D eigenvalue weighted by Crippen LogP contribution is -2.38. The predicted octanol–water partition coefficient (Wildman–Crippen LogP) is 0.655. The van der Waals surface area contributed by atoms with Crippen molar-refractivity contribution in [2.45, 2.75) is 45.1 Å². The van der Waals surface area contributed by atoms with E-state index in [1.807, 2.05) is 0 Å². The number of nitrogens with two attached hydrogens (primary N) is 1. The molecule has 0 aliphatic rings. The SMILES string of the molecule is CCC(CCN)CCC(=O)NC(CO)CCOC. The van der Waals surface area contributed by atoms with Gasteiger partial charge in [-0.15, -0.1) is 0 Å². The van der Waals surface area contributed by atoms with Crippen molar-refractivity contribution >= 4 is 5.91 Å². The van der Waals surface area contributed by atoms with Crippen molar-refractivity contribution in [3.05, 3.63) is 0 Å². The molecule has 5 nitrogen and oxygen atoms in total. The minimum absolute atomic E-state index is 0.000578. The van der Waals surface area contributed by atoms with Crippen LogP contribution in [-0.2, 0) is 9.53 Å². The highest BCUT2D eigenvalue weighted by atomic mass is 16.5. The van der Waals surface area contributed by atoms with E-state index in [-0.39, 0.29) is 18.6 Å². The van der Waals surface area contributed by atoms with E-state index in [0.717, 1.165) is 19.3 Å². The van der Waals surface area contributed by atoms with Crippen LogP contribution < -0.4 is 11.1 Å². The Kier molecular flexibility index (Phi) is 11.0. The fraction of sp³-hybridized carbons (Fsp3) is 0.923. The second-order valence-corrected chi connectivity index (χ2v) is 4.62. The molecule has 0 saturated heterocycles. The van der Waals surface area contributed by atoms with Crippen molar-refractivity contribution in [3.63, 3.8) is 0 Å². The Morgan fingerprint density at radius 2 is 2.11 bits per heavy atom. The Labute approximate surface area is 110 Å². The molecule has 1 amide bonds. The maximum atomic E-state index is 11.7. The highest BCUT2D eigenvalue weighted by molar-refractivity contribution is 5.76. The first-order valence-corrected chi connectivity index (χ1v) is 6.77. The lowest BCUT2D eigenvalue weighted by molar-refractivity contribution is -0.122. The van der Waals surface area contributed by atoms with Gasteiger partial charge in [-0.3, -0.25) is 4.79 Å². The monoisotopic (exact) mass is 260 g/mol. The average Bonchev–Trinajstić information content (AvgIpc) is 2.39. The molecule has 0 fully saturated rings. The summed E-state index contributed by atoms with van der Waals surface area (Å²) in [5, 5.41) is 11.9. The molecular formula is C13H28N2O3. The number of nitrogens with one attached hydrogen (secondary N) is 1. The highest BCUT2D eigenvalue weighted by Gasteiger charge is 2.13. The topological polar surface area (TPSA) is 84.6 Å². The lowest BCUT2D eigenvalue weighted by Gasteiger charge is -2.17. The Hall–Kier alpha value is -0.650. The molecule has 0 aromatic carbocycles. The van der Waals surface area contributed by atoms with Gasteiger partial charge in [0.25, 0.3) is 0 Å². The van der Waals surface area contributed by atoms with Gasteiger partial charge in [-0.2, -0.15) is 0 Å². The van der Waals surface area contributed by atoms with E-state index >= 15 is 0 Å². The second-order valence-electron chi connectivity index (χ2n) is 4.62. The van der Waals surface area contributed by atoms with Gasteiger partial charge in [-0.05, 0) is 31.7 Å². The van der Waals surface area contributed by atoms with Gasteiger partial charge in [0, 0.05) is 20.1 Å². The van der Waals surface area contributed by atoms with Crippen LogP contribution in [0.1, 0.15) is 39.0 Å². The zero-order valence-electron chi connectivity index (χ0n) is 11.7. The number of methoxy groups -OCH3 is 1. The normalized spacial score (nSPS) is 14.2. The number of aliphatic hydroxyl groups excluding tert-OH is 1. The van der Waals surface area contributed by atoms with Crippen LogP contribution in [0.25, 0.3) is 0 Å². The molecule has 0 aromatic rings. The summed E-state index contributed by atoms with van der Waals surface area (Å²) >= 11 is 0. The fourth-order valence-corrected chi connectivity index (χ4v) is 1.89. The van der Waals surface area contributed by atoms with Gasteiger partial charge in [0.05, 0.1) is 12.6 Å². The number of hydrogen-bond acceptors (Lipinski definition) is 4. The molecule has 2 atom stereocenters. The molecule has 0 bridgehead atoms. The first-order valence-electron chi connectivity index (χ1n) is 6.77. The zero-order valence-corrected chi connectivity index (χ0v) is 11.7. The van der Waals surface area contributed by atoms with Crippen LogP contribution in [0.3, 0.4) is 0 Å².